The lowest BCUT2D eigenvalue weighted by atomic mass is 10.2. The van der Waals surface area contributed by atoms with Crippen molar-refractivity contribution in [1.29, 1.82) is 0 Å². The number of esters is 1. The number of methoxy groups -OCH3 is 1. The quantitative estimate of drug-likeness (QED) is 0.518. The maximum atomic E-state index is 11.6. The first-order valence-electron chi connectivity index (χ1n) is 5.77. The Labute approximate surface area is 138 Å². The van der Waals surface area contributed by atoms with Crippen molar-refractivity contribution >= 4 is 44.5 Å². The van der Waals surface area contributed by atoms with Gasteiger partial charge in [-0.25, -0.2) is 9.78 Å². The van der Waals surface area contributed by atoms with Crippen molar-refractivity contribution in [3.8, 4) is 5.75 Å². The lowest BCUT2D eigenvalue weighted by molar-refractivity contribution is 0.0599. The molecule has 5 nitrogen and oxygen atoms in total. The standard InChI is InChI=1S/C13H12BrIN2O3/c1-19-13(18)9-6-11(15)12(7-10(9)14)20-5-4-17-3-2-16-8-17/h2-3,6-8H,4-5H2,1H3. The summed E-state index contributed by atoms with van der Waals surface area (Å²) in [5, 5.41) is 0. The highest BCUT2D eigenvalue weighted by atomic mass is 127. The first kappa shape index (κ1) is 15.3. The monoisotopic (exact) mass is 450 g/mol. The molecule has 0 aliphatic heterocycles. The molecule has 0 fully saturated rings. The van der Waals surface area contributed by atoms with Gasteiger partial charge in [-0.15, -0.1) is 0 Å². The molecule has 1 heterocycles. The van der Waals surface area contributed by atoms with Crippen LogP contribution in [-0.2, 0) is 11.3 Å². The number of imidazole rings is 1. The predicted molar refractivity (Wildman–Crippen MR) is 85.9 cm³/mol. The van der Waals surface area contributed by atoms with Crippen LogP contribution in [0.25, 0.3) is 0 Å². The second kappa shape index (κ2) is 7.07. The molecule has 7 heteroatoms. The van der Waals surface area contributed by atoms with Crippen LogP contribution in [0.15, 0.2) is 35.3 Å². The Morgan fingerprint density at radius 2 is 2.30 bits per heavy atom. The van der Waals surface area contributed by atoms with Gasteiger partial charge in [-0.1, -0.05) is 0 Å². The average Bonchev–Trinajstić information content (AvgIpc) is 2.94. The van der Waals surface area contributed by atoms with Crippen molar-refractivity contribution in [1.82, 2.24) is 9.55 Å². The maximum Gasteiger partial charge on any atom is 0.339 e. The fourth-order valence-electron chi connectivity index (χ4n) is 1.59. The van der Waals surface area contributed by atoms with Crippen LogP contribution in [0.5, 0.6) is 5.75 Å². The number of rotatable bonds is 5. The molecule has 0 atom stereocenters. The number of carbonyl (C=O) groups is 1. The summed E-state index contributed by atoms with van der Waals surface area (Å²) in [5.74, 6) is 0.352. The van der Waals surface area contributed by atoms with Crippen molar-refractivity contribution in [3.05, 3.63) is 44.5 Å². The number of aromatic nitrogens is 2. The molecule has 0 saturated heterocycles. The van der Waals surface area contributed by atoms with Crippen molar-refractivity contribution in [3.63, 3.8) is 0 Å². The summed E-state index contributed by atoms with van der Waals surface area (Å²) in [5.41, 5.74) is 0.485. The van der Waals surface area contributed by atoms with Crippen LogP contribution >= 0.6 is 38.5 Å². The van der Waals surface area contributed by atoms with E-state index >= 15 is 0 Å². The summed E-state index contributed by atoms with van der Waals surface area (Å²) in [4.78, 5) is 15.5. The van der Waals surface area contributed by atoms with Crippen LogP contribution in [0, 0.1) is 3.57 Å². The number of benzene rings is 1. The molecule has 2 rings (SSSR count). The molecule has 0 aliphatic rings. The number of carbonyl (C=O) groups excluding carboxylic acids is 1. The van der Waals surface area contributed by atoms with Gasteiger partial charge in [0.15, 0.2) is 0 Å². The molecule has 1 aromatic heterocycles. The first-order chi connectivity index (χ1) is 9.61. The fraction of sp³-hybridized carbons (Fsp3) is 0.231. The van der Waals surface area contributed by atoms with Crippen LogP contribution in [0.4, 0.5) is 0 Å². The number of hydrogen-bond donors (Lipinski definition) is 0. The average molecular weight is 451 g/mol. The zero-order chi connectivity index (χ0) is 14.5. The third-order valence-electron chi connectivity index (χ3n) is 2.59. The number of ether oxygens (including phenoxy) is 2. The molecule has 0 spiro atoms. The molecular formula is C13H12BrIN2O3. The van der Waals surface area contributed by atoms with E-state index in [9.17, 15) is 4.79 Å². The van der Waals surface area contributed by atoms with Crippen LogP contribution in [0.1, 0.15) is 10.4 Å². The van der Waals surface area contributed by atoms with Crippen LogP contribution in [0.2, 0.25) is 0 Å². The Morgan fingerprint density at radius 3 is 2.95 bits per heavy atom. The number of hydrogen-bond acceptors (Lipinski definition) is 4. The van der Waals surface area contributed by atoms with Crippen LogP contribution < -0.4 is 4.74 Å². The summed E-state index contributed by atoms with van der Waals surface area (Å²) in [6.07, 6.45) is 5.35. The molecule has 0 saturated carbocycles. The predicted octanol–water partition coefficient (Wildman–Crippen LogP) is 3.12. The van der Waals surface area contributed by atoms with E-state index in [1.54, 1.807) is 24.7 Å². The van der Waals surface area contributed by atoms with Gasteiger partial charge >= 0.3 is 5.97 Å². The van der Waals surface area contributed by atoms with Crippen molar-refractivity contribution in [2.75, 3.05) is 13.7 Å². The zero-order valence-electron chi connectivity index (χ0n) is 10.7. The second-order valence-corrected chi connectivity index (χ2v) is 5.92. The summed E-state index contributed by atoms with van der Waals surface area (Å²) in [6.45, 7) is 1.24. The SMILES string of the molecule is COC(=O)c1cc(I)c(OCCn2ccnc2)cc1Br. The van der Waals surface area contributed by atoms with E-state index in [4.69, 9.17) is 9.47 Å². The smallest absolute Gasteiger partial charge is 0.339 e. The highest BCUT2D eigenvalue weighted by Crippen LogP contribution is 2.29. The maximum absolute atomic E-state index is 11.6. The van der Waals surface area contributed by atoms with Gasteiger partial charge in [-0.2, -0.15) is 0 Å². The molecule has 0 radical (unpaired) electrons. The van der Waals surface area contributed by atoms with Gasteiger partial charge in [0.25, 0.3) is 0 Å². The van der Waals surface area contributed by atoms with Crippen molar-refractivity contribution < 1.29 is 14.3 Å². The lowest BCUT2D eigenvalue weighted by Gasteiger charge is -2.11. The summed E-state index contributed by atoms with van der Waals surface area (Å²) < 4.78 is 13.9. The molecule has 2 aromatic rings. The molecule has 0 aliphatic carbocycles. The number of halogens is 2. The Morgan fingerprint density at radius 1 is 1.50 bits per heavy atom. The van der Waals surface area contributed by atoms with E-state index in [1.165, 1.54) is 7.11 Å². The normalized spacial score (nSPS) is 10.3. The van der Waals surface area contributed by atoms with Gasteiger partial charge in [-0.05, 0) is 50.7 Å². The van der Waals surface area contributed by atoms with Gasteiger partial charge in [-0.3, -0.25) is 0 Å². The molecule has 0 bridgehead atoms. The molecule has 20 heavy (non-hydrogen) atoms. The third kappa shape index (κ3) is 3.72. The van der Waals surface area contributed by atoms with Crippen LogP contribution in [0.3, 0.4) is 0 Å². The van der Waals surface area contributed by atoms with E-state index in [2.05, 4.69) is 43.5 Å². The van der Waals surface area contributed by atoms with Gasteiger partial charge in [0, 0.05) is 16.9 Å². The van der Waals surface area contributed by atoms with Crippen LogP contribution in [-0.4, -0.2) is 29.2 Å². The second-order valence-electron chi connectivity index (χ2n) is 3.90. The summed E-state index contributed by atoms with van der Waals surface area (Å²) in [7, 11) is 1.36. The fourth-order valence-corrected chi connectivity index (χ4v) is 2.69. The minimum absolute atomic E-state index is 0.375. The van der Waals surface area contributed by atoms with Gasteiger partial charge in [0.05, 0.1) is 29.1 Å². The topological polar surface area (TPSA) is 53.4 Å². The molecular weight excluding hydrogens is 439 g/mol. The largest absolute Gasteiger partial charge is 0.491 e. The van der Waals surface area contributed by atoms with Gasteiger partial charge < -0.3 is 14.0 Å². The number of nitrogens with zero attached hydrogens (tertiary/aromatic N) is 2. The minimum Gasteiger partial charge on any atom is -0.491 e. The summed E-state index contributed by atoms with van der Waals surface area (Å²) in [6, 6.07) is 3.52. The van der Waals surface area contributed by atoms with Crippen molar-refractivity contribution in [2.24, 2.45) is 0 Å². The highest BCUT2D eigenvalue weighted by Gasteiger charge is 2.14. The Balaban J connectivity index is 2.05. The molecule has 0 N–H and O–H groups in total. The third-order valence-corrected chi connectivity index (χ3v) is 4.09. The minimum atomic E-state index is -0.375. The van der Waals surface area contributed by atoms with E-state index in [0.717, 1.165) is 9.32 Å². The van der Waals surface area contributed by atoms with E-state index in [1.807, 2.05) is 10.8 Å². The molecule has 1 aromatic carbocycles. The first-order valence-corrected chi connectivity index (χ1v) is 7.65. The molecule has 0 amide bonds. The van der Waals surface area contributed by atoms with E-state index in [-0.39, 0.29) is 5.97 Å². The molecule has 0 unspecified atom stereocenters. The van der Waals surface area contributed by atoms with E-state index < -0.39 is 0 Å². The Kier molecular flexibility index (Phi) is 5.41. The lowest BCUT2D eigenvalue weighted by Crippen LogP contribution is -2.08. The van der Waals surface area contributed by atoms with E-state index in [0.29, 0.717) is 23.2 Å². The zero-order valence-corrected chi connectivity index (χ0v) is 14.4. The Hall–Kier alpha value is -1.09. The van der Waals surface area contributed by atoms with Gasteiger partial charge in [0.1, 0.15) is 12.4 Å². The van der Waals surface area contributed by atoms with Gasteiger partial charge in [0.2, 0.25) is 0 Å². The highest BCUT2D eigenvalue weighted by molar-refractivity contribution is 14.1. The Bertz CT molecular complexity index is 602. The summed E-state index contributed by atoms with van der Waals surface area (Å²) >= 11 is 5.49. The molecule has 106 valence electrons. The van der Waals surface area contributed by atoms with Crippen molar-refractivity contribution in [2.45, 2.75) is 6.54 Å².